The van der Waals surface area contributed by atoms with Gasteiger partial charge in [0.05, 0.1) is 4.92 Å². The lowest BCUT2D eigenvalue weighted by Crippen LogP contribution is -2.25. The van der Waals surface area contributed by atoms with Gasteiger partial charge in [-0.1, -0.05) is 0 Å². The molecule has 0 aromatic heterocycles. The van der Waals surface area contributed by atoms with Crippen LogP contribution < -0.4 is 4.72 Å². The minimum Gasteiger partial charge on any atom is -0.258 e. The van der Waals surface area contributed by atoms with Gasteiger partial charge in [0, 0.05) is 25.1 Å². The lowest BCUT2D eigenvalue weighted by Gasteiger charge is -2.06. The zero-order chi connectivity index (χ0) is 15.3. The number of hydrogen-bond acceptors (Lipinski definition) is 4. The summed E-state index contributed by atoms with van der Waals surface area (Å²) in [5.74, 6) is 2.28. The Kier molecular flexibility index (Phi) is 5.12. The Balaban J connectivity index is 3.13. The number of hydrogen-bond donors (Lipinski definition) is 1. The molecule has 6 nitrogen and oxygen atoms in total. The molecule has 0 aliphatic carbocycles. The average molecular weight is 304 g/mol. The van der Waals surface area contributed by atoms with Crippen LogP contribution in [0.4, 0.5) is 14.5 Å². The molecule has 0 heterocycles. The summed E-state index contributed by atoms with van der Waals surface area (Å²) in [7, 11) is -4.31. The van der Waals surface area contributed by atoms with E-state index in [2.05, 4.69) is 11.8 Å². The highest BCUT2D eigenvalue weighted by Gasteiger charge is 2.25. The number of nitrogens with zero attached hydrogens (tertiary/aromatic N) is 1. The van der Waals surface area contributed by atoms with E-state index in [9.17, 15) is 27.3 Å². The van der Waals surface area contributed by atoms with E-state index < -0.39 is 37.2 Å². The summed E-state index contributed by atoms with van der Waals surface area (Å²) in [5.41, 5.74) is -1.11. The molecule has 0 atom stereocenters. The van der Waals surface area contributed by atoms with Crippen LogP contribution >= 0.6 is 0 Å². The number of sulfonamides is 1. The predicted molar refractivity (Wildman–Crippen MR) is 66.3 cm³/mol. The molecule has 0 aliphatic rings. The summed E-state index contributed by atoms with van der Waals surface area (Å²) in [4.78, 5) is 8.42. The summed E-state index contributed by atoms with van der Waals surface area (Å²) >= 11 is 0. The molecule has 0 fully saturated rings. The largest absolute Gasteiger partial charge is 0.306 e. The zero-order valence-electron chi connectivity index (χ0n) is 10.3. The second kappa shape index (κ2) is 6.40. The van der Waals surface area contributed by atoms with Crippen LogP contribution in [0.2, 0.25) is 0 Å². The lowest BCUT2D eigenvalue weighted by atomic mass is 10.3. The molecule has 1 aromatic carbocycles. The van der Waals surface area contributed by atoms with Gasteiger partial charge in [-0.25, -0.2) is 17.5 Å². The highest BCUT2D eigenvalue weighted by Crippen LogP contribution is 2.24. The van der Waals surface area contributed by atoms with Crippen molar-refractivity contribution >= 4 is 15.7 Å². The molecule has 9 heteroatoms. The number of halogens is 2. The van der Waals surface area contributed by atoms with Gasteiger partial charge in [-0.2, -0.15) is 4.39 Å². The Morgan fingerprint density at radius 2 is 2.00 bits per heavy atom. The van der Waals surface area contributed by atoms with Crippen molar-refractivity contribution in [2.24, 2.45) is 0 Å². The van der Waals surface area contributed by atoms with Crippen molar-refractivity contribution in [3.63, 3.8) is 0 Å². The molecule has 20 heavy (non-hydrogen) atoms. The maximum atomic E-state index is 13.5. The first-order valence-electron chi connectivity index (χ1n) is 5.32. The molecule has 0 bridgehead atoms. The van der Waals surface area contributed by atoms with Crippen LogP contribution in [-0.4, -0.2) is 19.9 Å². The second-order valence-electron chi connectivity index (χ2n) is 3.57. The second-order valence-corrected chi connectivity index (χ2v) is 5.30. The van der Waals surface area contributed by atoms with Gasteiger partial charge < -0.3 is 0 Å². The van der Waals surface area contributed by atoms with E-state index in [1.807, 2.05) is 4.72 Å². The van der Waals surface area contributed by atoms with Crippen molar-refractivity contribution < 1.29 is 22.1 Å². The van der Waals surface area contributed by atoms with Crippen molar-refractivity contribution in [2.75, 3.05) is 6.54 Å². The summed E-state index contributed by atoms with van der Waals surface area (Å²) in [6.45, 7) is 1.48. The molecule has 1 aromatic rings. The highest BCUT2D eigenvalue weighted by molar-refractivity contribution is 7.89. The lowest BCUT2D eigenvalue weighted by molar-refractivity contribution is -0.387. The summed E-state index contributed by atoms with van der Waals surface area (Å²) < 4.78 is 52.1. The number of nitro groups is 1. The van der Waals surface area contributed by atoms with Crippen LogP contribution in [0.25, 0.3) is 0 Å². The first-order chi connectivity index (χ1) is 9.29. The molecule has 0 aliphatic heterocycles. The van der Waals surface area contributed by atoms with Crippen molar-refractivity contribution in [3.8, 4) is 11.8 Å². The fourth-order valence-electron chi connectivity index (χ4n) is 1.31. The molecule has 0 saturated heterocycles. The van der Waals surface area contributed by atoms with Gasteiger partial charge in [0.15, 0.2) is 0 Å². The molecule has 1 N–H and O–H groups in total. The fraction of sp³-hybridized carbons (Fsp3) is 0.273. The summed E-state index contributed by atoms with van der Waals surface area (Å²) in [6.07, 6.45) is 0.195. The summed E-state index contributed by atoms with van der Waals surface area (Å²) in [5, 5.41) is 10.5. The maximum Gasteiger partial charge on any atom is 0.306 e. The molecule has 108 valence electrons. The number of nitro benzene ring substituents is 1. The quantitative estimate of drug-likeness (QED) is 0.387. The molecule has 0 amide bonds. The third-order valence-electron chi connectivity index (χ3n) is 2.21. The smallest absolute Gasteiger partial charge is 0.258 e. The van der Waals surface area contributed by atoms with E-state index >= 15 is 0 Å². The minimum atomic E-state index is -4.31. The standard InChI is InChI=1S/C11H10F2N2O4S/c1-2-3-4-5-14-20(18,19)11-7-10(15(16)17)8(12)6-9(11)13/h6-7,14H,4-5H2,1H3. The number of nitrogens with one attached hydrogen (secondary N) is 1. The van der Waals surface area contributed by atoms with Crippen molar-refractivity contribution in [1.82, 2.24) is 4.72 Å². The monoisotopic (exact) mass is 304 g/mol. The Morgan fingerprint density at radius 1 is 1.35 bits per heavy atom. The van der Waals surface area contributed by atoms with E-state index in [-0.39, 0.29) is 19.0 Å². The maximum absolute atomic E-state index is 13.5. The van der Waals surface area contributed by atoms with Gasteiger partial charge >= 0.3 is 5.69 Å². The van der Waals surface area contributed by atoms with E-state index in [4.69, 9.17) is 0 Å². The normalized spacial score (nSPS) is 10.8. The van der Waals surface area contributed by atoms with Crippen LogP contribution in [0.1, 0.15) is 13.3 Å². The Bertz CT molecular complexity index is 692. The van der Waals surface area contributed by atoms with Crippen LogP contribution in [-0.2, 0) is 10.0 Å². The average Bonchev–Trinajstić information content (AvgIpc) is 2.33. The first kappa shape index (κ1) is 16.0. The van der Waals surface area contributed by atoms with Crippen LogP contribution in [0.3, 0.4) is 0 Å². The Morgan fingerprint density at radius 3 is 2.55 bits per heavy atom. The van der Waals surface area contributed by atoms with Gasteiger partial charge in [-0.3, -0.25) is 10.1 Å². The Hall–Kier alpha value is -2.05. The van der Waals surface area contributed by atoms with Gasteiger partial charge in [0.25, 0.3) is 0 Å². The van der Waals surface area contributed by atoms with Crippen LogP contribution in [0, 0.1) is 33.6 Å². The number of benzene rings is 1. The van der Waals surface area contributed by atoms with Gasteiger partial charge in [0.1, 0.15) is 10.7 Å². The van der Waals surface area contributed by atoms with Crippen molar-refractivity contribution in [3.05, 3.63) is 33.9 Å². The molecule has 0 spiro atoms. The van der Waals surface area contributed by atoms with Crippen molar-refractivity contribution in [1.29, 1.82) is 0 Å². The van der Waals surface area contributed by atoms with Gasteiger partial charge in [0.2, 0.25) is 15.8 Å². The molecule has 0 unspecified atom stereocenters. The third-order valence-corrected chi connectivity index (χ3v) is 3.68. The molecule has 0 radical (unpaired) electrons. The number of rotatable bonds is 5. The molecular weight excluding hydrogens is 294 g/mol. The SMILES string of the molecule is CC#CCCNS(=O)(=O)c1cc([N+](=O)[O-])c(F)cc1F. The van der Waals surface area contributed by atoms with Crippen LogP contribution in [0.15, 0.2) is 17.0 Å². The van der Waals surface area contributed by atoms with Gasteiger partial charge in [-0.15, -0.1) is 11.8 Å². The predicted octanol–water partition coefficient (Wildman–Crippen LogP) is 1.56. The molecular formula is C11H10F2N2O4S. The van der Waals surface area contributed by atoms with Gasteiger partial charge in [-0.05, 0) is 6.92 Å². The summed E-state index contributed by atoms with van der Waals surface area (Å²) in [6, 6.07) is 0.511. The van der Waals surface area contributed by atoms with Crippen LogP contribution in [0.5, 0.6) is 0 Å². The topological polar surface area (TPSA) is 89.3 Å². The Labute approximate surface area is 114 Å². The fourth-order valence-corrected chi connectivity index (χ4v) is 2.42. The molecule has 0 saturated carbocycles. The van der Waals surface area contributed by atoms with E-state index in [0.29, 0.717) is 6.07 Å². The molecule has 1 rings (SSSR count). The van der Waals surface area contributed by atoms with E-state index in [1.165, 1.54) is 0 Å². The highest BCUT2D eigenvalue weighted by atomic mass is 32.2. The zero-order valence-corrected chi connectivity index (χ0v) is 11.1. The van der Waals surface area contributed by atoms with E-state index in [1.54, 1.807) is 6.92 Å². The third kappa shape index (κ3) is 3.72. The van der Waals surface area contributed by atoms with Crippen molar-refractivity contribution in [2.45, 2.75) is 18.2 Å². The minimum absolute atomic E-state index is 0.0895. The van der Waals surface area contributed by atoms with E-state index in [0.717, 1.165) is 0 Å². The first-order valence-corrected chi connectivity index (χ1v) is 6.80.